The molecule has 0 unspecified atom stereocenters. The first-order chi connectivity index (χ1) is 19.7. The molecule has 6 aromatic rings. The van der Waals surface area contributed by atoms with E-state index >= 15 is 0 Å². The zero-order valence-corrected chi connectivity index (χ0v) is 22.9. The van der Waals surface area contributed by atoms with E-state index in [1.54, 1.807) is 0 Å². The number of carbonyl (C=O) groups excluding carboxylic acids is 1. The number of benzene rings is 6. The quantitative estimate of drug-likeness (QED) is 0.221. The molecule has 0 atom stereocenters. The van der Waals surface area contributed by atoms with Crippen LogP contribution in [0.1, 0.15) is 15.9 Å². The van der Waals surface area contributed by atoms with Crippen LogP contribution in [0.4, 0.5) is 0 Å². The molecule has 0 bridgehead atoms. The third kappa shape index (κ3) is 4.63. The highest BCUT2D eigenvalue weighted by Gasteiger charge is 2.30. The van der Waals surface area contributed by atoms with Crippen LogP contribution < -0.4 is 0 Å². The second kappa shape index (κ2) is 10.9. The molecule has 0 fully saturated rings. The molecule has 198 valence electrons. The Morgan fingerprint density at radius 2 is 0.707 bits per heavy atom. The molecular formula is C37H26O3S. The lowest BCUT2D eigenvalue weighted by atomic mass is 9.90. The van der Waals surface area contributed by atoms with E-state index in [0.717, 1.165) is 44.5 Å². The molecule has 0 aliphatic carbocycles. The summed E-state index contributed by atoms with van der Waals surface area (Å²) in [6.45, 7) is 0. The van der Waals surface area contributed by atoms with Gasteiger partial charge in [0.25, 0.3) is 0 Å². The van der Waals surface area contributed by atoms with Crippen LogP contribution in [0.5, 0.6) is 0 Å². The summed E-state index contributed by atoms with van der Waals surface area (Å²) in [5, 5.41) is 0. The molecule has 41 heavy (non-hydrogen) atoms. The van der Waals surface area contributed by atoms with E-state index in [4.69, 9.17) is 0 Å². The second-order valence-electron chi connectivity index (χ2n) is 9.84. The molecule has 6 aromatic carbocycles. The summed E-state index contributed by atoms with van der Waals surface area (Å²) in [7, 11) is -1.44. The van der Waals surface area contributed by atoms with Gasteiger partial charge in [-0.1, -0.05) is 121 Å². The molecule has 3 nitrogen and oxygen atoms in total. The Hall–Kier alpha value is -4.90. The molecule has 0 saturated carbocycles. The Morgan fingerprint density at radius 1 is 0.366 bits per heavy atom. The van der Waals surface area contributed by atoms with E-state index in [2.05, 4.69) is 48.5 Å². The molecule has 7 rings (SSSR count). The predicted molar refractivity (Wildman–Crippen MR) is 166 cm³/mol. The first kappa shape index (κ1) is 26.3. The fraction of sp³-hybridized carbons (Fsp3) is 0. The number of carbonyl (C=O) groups is 1. The highest BCUT2D eigenvalue weighted by molar-refractivity contribution is 7.85. The van der Waals surface area contributed by atoms with Gasteiger partial charge in [0.15, 0.2) is 5.78 Å². The van der Waals surface area contributed by atoms with Gasteiger partial charge in [-0.15, -0.1) is 0 Å². The largest absolute Gasteiger partial charge is 0.412 e. The highest BCUT2D eigenvalue weighted by atomic mass is 32.2. The number of rotatable bonds is 4. The third-order valence-electron chi connectivity index (χ3n) is 7.49. The molecule has 2 N–H and O–H groups in total. The van der Waals surface area contributed by atoms with E-state index in [1.165, 1.54) is 0 Å². The second-order valence-corrected chi connectivity index (χ2v) is 11.3. The highest BCUT2D eigenvalue weighted by Crippen LogP contribution is 2.40. The molecule has 4 heteroatoms. The standard InChI is InChI=1S/C37H24O2S.H2O/c38-37-33-23-27(31-17-9-7-15-29(31)25-11-3-1-4-12-25)19-21-35(33)40(39)36-22-20-28(24-34(36)37)32-18-10-8-16-30(32)26-13-5-2-6-14-26;/h1-24H;1H2. The van der Waals surface area contributed by atoms with Crippen molar-refractivity contribution in [2.24, 2.45) is 0 Å². The molecule has 0 spiro atoms. The van der Waals surface area contributed by atoms with Crippen molar-refractivity contribution in [3.63, 3.8) is 0 Å². The van der Waals surface area contributed by atoms with Gasteiger partial charge in [0.2, 0.25) is 0 Å². The van der Waals surface area contributed by atoms with Gasteiger partial charge in [0.1, 0.15) is 0 Å². The normalized spacial score (nSPS) is 12.2. The number of fused-ring (bicyclic) bond motifs is 2. The molecule has 0 saturated heterocycles. The fourth-order valence-electron chi connectivity index (χ4n) is 5.55. The smallest absolute Gasteiger partial charge is 0.195 e. The Bertz CT molecular complexity index is 1790. The minimum atomic E-state index is -1.44. The summed E-state index contributed by atoms with van der Waals surface area (Å²) in [6, 6.07) is 48.3. The van der Waals surface area contributed by atoms with E-state index in [0.29, 0.717) is 20.9 Å². The first-order valence-corrected chi connectivity index (χ1v) is 14.4. The Kier molecular flexibility index (Phi) is 7.02. The Balaban J connectivity index is 0.00000302. The number of ketones is 1. The zero-order valence-electron chi connectivity index (χ0n) is 22.1. The Morgan fingerprint density at radius 3 is 1.10 bits per heavy atom. The summed E-state index contributed by atoms with van der Waals surface area (Å²) < 4.78 is 13.7. The van der Waals surface area contributed by atoms with Crippen molar-refractivity contribution in [2.45, 2.75) is 9.79 Å². The molecule has 1 aliphatic heterocycles. The van der Waals surface area contributed by atoms with Crippen LogP contribution in [0.2, 0.25) is 0 Å². The van der Waals surface area contributed by atoms with E-state index in [1.807, 2.05) is 97.1 Å². The fourth-order valence-corrected chi connectivity index (χ4v) is 6.87. The van der Waals surface area contributed by atoms with E-state index < -0.39 is 10.8 Å². The van der Waals surface area contributed by atoms with Crippen molar-refractivity contribution in [2.75, 3.05) is 0 Å². The third-order valence-corrected chi connectivity index (χ3v) is 9.00. The molecular weight excluding hydrogens is 524 g/mol. The van der Waals surface area contributed by atoms with Crippen molar-refractivity contribution in [1.29, 1.82) is 0 Å². The zero-order chi connectivity index (χ0) is 27.1. The maximum atomic E-state index is 14.0. The van der Waals surface area contributed by atoms with Crippen molar-refractivity contribution in [1.82, 2.24) is 0 Å². The van der Waals surface area contributed by atoms with Crippen LogP contribution >= 0.6 is 0 Å². The van der Waals surface area contributed by atoms with Gasteiger partial charge in [0.05, 0.1) is 20.6 Å². The van der Waals surface area contributed by atoms with Gasteiger partial charge in [-0.2, -0.15) is 0 Å². The number of hydrogen-bond donors (Lipinski definition) is 0. The van der Waals surface area contributed by atoms with Crippen molar-refractivity contribution in [3.05, 3.63) is 157 Å². The minimum absolute atomic E-state index is 0. The predicted octanol–water partition coefficient (Wildman–Crippen LogP) is 8.24. The summed E-state index contributed by atoms with van der Waals surface area (Å²) in [5.74, 6) is -0.0947. The van der Waals surface area contributed by atoms with Gasteiger partial charge in [-0.05, 0) is 68.8 Å². The van der Waals surface area contributed by atoms with Gasteiger partial charge in [0, 0.05) is 11.1 Å². The molecule has 1 heterocycles. The van der Waals surface area contributed by atoms with Crippen LogP contribution in [0.25, 0.3) is 44.5 Å². The van der Waals surface area contributed by atoms with Crippen molar-refractivity contribution >= 4 is 16.6 Å². The lowest BCUT2D eigenvalue weighted by Crippen LogP contribution is -2.16. The molecule has 0 aromatic heterocycles. The molecule has 0 radical (unpaired) electrons. The molecule has 1 aliphatic rings. The van der Waals surface area contributed by atoms with Crippen LogP contribution in [0.15, 0.2) is 155 Å². The van der Waals surface area contributed by atoms with Gasteiger partial charge in [-0.3, -0.25) is 4.79 Å². The van der Waals surface area contributed by atoms with Crippen LogP contribution in [0, 0.1) is 0 Å². The van der Waals surface area contributed by atoms with Crippen LogP contribution in [-0.4, -0.2) is 15.5 Å². The van der Waals surface area contributed by atoms with Gasteiger partial charge in [-0.25, -0.2) is 4.21 Å². The monoisotopic (exact) mass is 550 g/mol. The SMILES string of the molecule is O.O=C1c2cc(-c3ccccc3-c3ccccc3)ccc2S(=O)c2ccc(-c3ccccc3-c3ccccc3)cc21. The van der Waals surface area contributed by atoms with Gasteiger partial charge >= 0.3 is 0 Å². The average Bonchev–Trinajstić information content (AvgIpc) is 3.04. The minimum Gasteiger partial charge on any atom is -0.412 e. The van der Waals surface area contributed by atoms with Crippen LogP contribution in [-0.2, 0) is 10.8 Å². The molecule has 0 amide bonds. The van der Waals surface area contributed by atoms with E-state index in [9.17, 15) is 9.00 Å². The topological polar surface area (TPSA) is 65.6 Å². The summed E-state index contributed by atoms with van der Waals surface area (Å²) in [4.78, 5) is 15.1. The van der Waals surface area contributed by atoms with Gasteiger partial charge < -0.3 is 5.48 Å². The lowest BCUT2D eigenvalue weighted by molar-refractivity contribution is 0.103. The van der Waals surface area contributed by atoms with Crippen molar-refractivity contribution in [3.8, 4) is 44.5 Å². The maximum Gasteiger partial charge on any atom is 0.195 e. The summed E-state index contributed by atoms with van der Waals surface area (Å²) in [5.41, 5.74) is 9.32. The lowest BCUT2D eigenvalue weighted by Gasteiger charge is -2.21. The summed E-state index contributed by atoms with van der Waals surface area (Å²) >= 11 is 0. The summed E-state index contributed by atoms with van der Waals surface area (Å²) in [6.07, 6.45) is 0. The maximum absolute atomic E-state index is 14.0. The first-order valence-electron chi connectivity index (χ1n) is 13.2. The Labute approximate surface area is 241 Å². The van der Waals surface area contributed by atoms with Crippen LogP contribution in [0.3, 0.4) is 0 Å². The average molecular weight is 551 g/mol. The number of hydrogen-bond acceptors (Lipinski definition) is 2. The van der Waals surface area contributed by atoms with Crippen molar-refractivity contribution < 1.29 is 14.5 Å². The van der Waals surface area contributed by atoms with E-state index in [-0.39, 0.29) is 11.3 Å².